The van der Waals surface area contributed by atoms with Gasteiger partial charge in [0, 0.05) is 0 Å². The van der Waals surface area contributed by atoms with Crippen LogP contribution in [0.2, 0.25) is 0 Å². The molecule has 6 heteroatoms. The third kappa shape index (κ3) is 2.91. The molecule has 0 saturated heterocycles. The summed E-state index contributed by atoms with van der Waals surface area (Å²) < 4.78 is 6.63. The van der Waals surface area contributed by atoms with Gasteiger partial charge in [-0.2, -0.15) is 0 Å². The molecule has 0 bridgehead atoms. The van der Waals surface area contributed by atoms with Crippen LogP contribution in [0.4, 0.5) is 0 Å². The van der Waals surface area contributed by atoms with E-state index in [1.807, 2.05) is 0 Å². The number of aromatic nitrogens is 4. The Bertz CT molecular complexity index is 493. The first-order valence-corrected chi connectivity index (χ1v) is 5.82. The van der Waals surface area contributed by atoms with Gasteiger partial charge >= 0.3 is 5.97 Å². The number of carbonyl (C=O) groups is 1. The van der Waals surface area contributed by atoms with Crippen molar-refractivity contribution in [3.05, 3.63) is 36.2 Å². The molecule has 94 valence electrons. The number of benzene rings is 1. The van der Waals surface area contributed by atoms with Crippen LogP contribution in [0.15, 0.2) is 30.6 Å². The number of hydrogen-bond donors (Lipinski definition) is 0. The summed E-state index contributed by atoms with van der Waals surface area (Å²) in [6.45, 7) is 2.51. The van der Waals surface area contributed by atoms with Crippen LogP contribution < -0.4 is 0 Å². The zero-order chi connectivity index (χ0) is 12.8. The summed E-state index contributed by atoms with van der Waals surface area (Å²) in [5.41, 5.74) is 1.33. The number of esters is 1. The minimum atomic E-state index is -0.299. The number of hydrogen-bond acceptors (Lipinski definition) is 5. The molecule has 2 aromatic rings. The lowest BCUT2D eigenvalue weighted by Gasteiger charge is -2.04. The average Bonchev–Trinajstić information content (AvgIpc) is 2.93. The fourth-order valence-corrected chi connectivity index (χ4v) is 1.42. The molecule has 0 unspecified atom stereocenters. The van der Waals surface area contributed by atoms with E-state index in [4.69, 9.17) is 4.74 Å². The lowest BCUT2D eigenvalue weighted by Crippen LogP contribution is -2.06. The fraction of sp³-hybridized carbons (Fsp3) is 0.333. The highest BCUT2D eigenvalue weighted by Gasteiger charge is 2.07. The minimum Gasteiger partial charge on any atom is -0.462 e. The van der Waals surface area contributed by atoms with Crippen LogP contribution >= 0.6 is 0 Å². The fourth-order valence-electron chi connectivity index (χ4n) is 1.42. The SMILES string of the molecule is CCCCOC(=O)c1ccc(-n2cnnn2)cc1. The van der Waals surface area contributed by atoms with Crippen molar-refractivity contribution in [3.63, 3.8) is 0 Å². The van der Waals surface area contributed by atoms with Crippen LogP contribution in [0.25, 0.3) is 5.69 Å². The molecular weight excluding hydrogens is 232 g/mol. The van der Waals surface area contributed by atoms with E-state index in [0.717, 1.165) is 18.5 Å². The van der Waals surface area contributed by atoms with E-state index >= 15 is 0 Å². The van der Waals surface area contributed by atoms with Crippen molar-refractivity contribution < 1.29 is 9.53 Å². The number of tetrazole rings is 1. The highest BCUT2D eigenvalue weighted by atomic mass is 16.5. The van der Waals surface area contributed by atoms with Crippen LogP contribution in [0.3, 0.4) is 0 Å². The van der Waals surface area contributed by atoms with Crippen molar-refractivity contribution in [3.8, 4) is 5.69 Å². The van der Waals surface area contributed by atoms with E-state index < -0.39 is 0 Å². The average molecular weight is 246 g/mol. The number of nitrogens with zero attached hydrogens (tertiary/aromatic N) is 4. The van der Waals surface area contributed by atoms with Gasteiger partial charge in [-0.05, 0) is 41.1 Å². The maximum absolute atomic E-state index is 11.6. The maximum Gasteiger partial charge on any atom is 0.338 e. The van der Waals surface area contributed by atoms with Crippen molar-refractivity contribution in [2.24, 2.45) is 0 Å². The topological polar surface area (TPSA) is 69.9 Å². The second kappa shape index (κ2) is 5.90. The van der Waals surface area contributed by atoms with Crippen molar-refractivity contribution in [1.29, 1.82) is 0 Å². The molecule has 1 aromatic heterocycles. The second-order valence-corrected chi connectivity index (χ2v) is 3.79. The predicted molar refractivity (Wildman–Crippen MR) is 64.3 cm³/mol. The van der Waals surface area contributed by atoms with Gasteiger partial charge in [0.05, 0.1) is 17.9 Å². The Morgan fingerprint density at radius 1 is 1.33 bits per heavy atom. The van der Waals surface area contributed by atoms with Gasteiger partial charge in [0.25, 0.3) is 0 Å². The van der Waals surface area contributed by atoms with Gasteiger partial charge in [0.2, 0.25) is 0 Å². The molecule has 18 heavy (non-hydrogen) atoms. The molecule has 0 N–H and O–H groups in total. The molecule has 0 spiro atoms. The van der Waals surface area contributed by atoms with Gasteiger partial charge in [-0.1, -0.05) is 13.3 Å². The summed E-state index contributed by atoms with van der Waals surface area (Å²) in [5, 5.41) is 10.9. The van der Waals surface area contributed by atoms with E-state index in [-0.39, 0.29) is 5.97 Å². The monoisotopic (exact) mass is 246 g/mol. The highest BCUT2D eigenvalue weighted by Crippen LogP contribution is 2.09. The Hall–Kier alpha value is -2.24. The lowest BCUT2D eigenvalue weighted by atomic mass is 10.2. The third-order valence-corrected chi connectivity index (χ3v) is 2.45. The van der Waals surface area contributed by atoms with Crippen LogP contribution in [0, 0.1) is 0 Å². The molecule has 0 aliphatic carbocycles. The largest absolute Gasteiger partial charge is 0.462 e. The normalized spacial score (nSPS) is 10.3. The van der Waals surface area contributed by atoms with E-state index in [1.54, 1.807) is 24.3 Å². The van der Waals surface area contributed by atoms with Gasteiger partial charge in [0.15, 0.2) is 0 Å². The minimum absolute atomic E-state index is 0.299. The summed E-state index contributed by atoms with van der Waals surface area (Å²) >= 11 is 0. The van der Waals surface area contributed by atoms with Gasteiger partial charge < -0.3 is 4.74 Å². The Morgan fingerprint density at radius 3 is 2.72 bits per heavy atom. The number of carbonyl (C=O) groups excluding carboxylic acids is 1. The molecule has 0 atom stereocenters. The number of unbranched alkanes of at least 4 members (excludes halogenated alkanes) is 1. The standard InChI is InChI=1S/C12H14N4O2/c1-2-3-8-18-12(17)10-4-6-11(7-5-10)16-9-13-14-15-16/h4-7,9H,2-3,8H2,1H3. The first kappa shape index (κ1) is 12.2. The van der Waals surface area contributed by atoms with E-state index in [2.05, 4.69) is 22.4 Å². The van der Waals surface area contributed by atoms with Crippen molar-refractivity contribution in [2.75, 3.05) is 6.61 Å². The van der Waals surface area contributed by atoms with Crippen LogP contribution in [-0.2, 0) is 4.74 Å². The highest BCUT2D eigenvalue weighted by molar-refractivity contribution is 5.89. The Morgan fingerprint density at radius 2 is 2.11 bits per heavy atom. The van der Waals surface area contributed by atoms with Gasteiger partial charge in [-0.15, -0.1) is 5.10 Å². The van der Waals surface area contributed by atoms with Gasteiger partial charge in [-0.25, -0.2) is 9.48 Å². The van der Waals surface area contributed by atoms with Crippen molar-refractivity contribution >= 4 is 5.97 Å². The van der Waals surface area contributed by atoms with E-state index in [9.17, 15) is 4.79 Å². The quantitative estimate of drug-likeness (QED) is 0.592. The first-order valence-electron chi connectivity index (χ1n) is 5.82. The van der Waals surface area contributed by atoms with E-state index in [0.29, 0.717) is 12.2 Å². The molecule has 0 aliphatic heterocycles. The zero-order valence-corrected chi connectivity index (χ0v) is 10.1. The summed E-state index contributed by atoms with van der Waals surface area (Å²) in [4.78, 5) is 11.6. The smallest absolute Gasteiger partial charge is 0.338 e. The first-order chi connectivity index (χ1) is 8.81. The predicted octanol–water partition coefficient (Wildman–Crippen LogP) is 1.62. The van der Waals surface area contributed by atoms with Gasteiger partial charge in [0.1, 0.15) is 6.33 Å². The second-order valence-electron chi connectivity index (χ2n) is 3.79. The summed E-state index contributed by atoms with van der Waals surface area (Å²) in [5.74, 6) is -0.299. The molecular formula is C12H14N4O2. The van der Waals surface area contributed by atoms with Crippen molar-refractivity contribution in [2.45, 2.75) is 19.8 Å². The molecule has 1 heterocycles. The molecule has 6 nitrogen and oxygen atoms in total. The van der Waals surface area contributed by atoms with E-state index in [1.165, 1.54) is 11.0 Å². The zero-order valence-electron chi connectivity index (χ0n) is 10.1. The molecule has 0 aliphatic rings. The van der Waals surface area contributed by atoms with Crippen LogP contribution in [0.1, 0.15) is 30.1 Å². The Labute approximate surface area is 105 Å². The molecule has 0 fully saturated rings. The lowest BCUT2D eigenvalue weighted by molar-refractivity contribution is 0.0500. The number of rotatable bonds is 5. The van der Waals surface area contributed by atoms with Gasteiger partial charge in [-0.3, -0.25) is 0 Å². The Kier molecular flexibility index (Phi) is 4.01. The number of ether oxygens (including phenoxy) is 1. The Balaban J connectivity index is 2.01. The molecule has 2 rings (SSSR count). The summed E-state index contributed by atoms with van der Waals surface area (Å²) in [6, 6.07) is 6.94. The maximum atomic E-state index is 11.6. The van der Waals surface area contributed by atoms with Crippen LogP contribution in [-0.4, -0.2) is 32.8 Å². The van der Waals surface area contributed by atoms with Crippen LogP contribution in [0.5, 0.6) is 0 Å². The summed E-state index contributed by atoms with van der Waals surface area (Å²) in [6.07, 6.45) is 3.38. The molecule has 0 radical (unpaired) electrons. The summed E-state index contributed by atoms with van der Waals surface area (Å²) in [7, 11) is 0. The third-order valence-electron chi connectivity index (χ3n) is 2.45. The molecule has 0 saturated carbocycles. The molecule has 0 amide bonds. The van der Waals surface area contributed by atoms with Crippen molar-refractivity contribution in [1.82, 2.24) is 20.2 Å². The molecule has 1 aromatic carbocycles.